The van der Waals surface area contributed by atoms with Crippen LogP contribution in [0.5, 0.6) is 0 Å². The van der Waals surface area contributed by atoms with E-state index in [0.717, 1.165) is 6.26 Å². The number of hydrogen-bond acceptors (Lipinski definition) is 5. The molecule has 1 amide bonds. The van der Waals surface area contributed by atoms with Gasteiger partial charge in [-0.15, -0.1) is 0 Å². The first kappa shape index (κ1) is 15.4. The van der Waals surface area contributed by atoms with E-state index in [0.29, 0.717) is 45.6 Å². The van der Waals surface area contributed by atoms with Crippen LogP contribution in [-0.4, -0.2) is 52.4 Å². The van der Waals surface area contributed by atoms with Gasteiger partial charge < -0.3 is 15.8 Å². The maximum atomic E-state index is 11.8. The molecule has 0 bridgehead atoms. The number of nitrogens with one attached hydrogen (secondary N) is 2. The zero-order valence-electron chi connectivity index (χ0n) is 10.6. The minimum atomic E-state index is -3.16. The second kappa shape index (κ2) is 6.46. The first-order chi connectivity index (χ1) is 8.33. The van der Waals surface area contributed by atoms with Crippen molar-refractivity contribution in [3.63, 3.8) is 0 Å². The molecule has 0 aliphatic carbocycles. The largest absolute Gasteiger partial charge is 0.381 e. The van der Waals surface area contributed by atoms with E-state index in [1.54, 1.807) is 0 Å². The van der Waals surface area contributed by atoms with Crippen LogP contribution in [-0.2, 0) is 19.6 Å². The summed E-state index contributed by atoms with van der Waals surface area (Å²) in [7, 11) is -3.16. The molecule has 0 aromatic rings. The van der Waals surface area contributed by atoms with Crippen LogP contribution < -0.4 is 15.8 Å². The van der Waals surface area contributed by atoms with E-state index in [2.05, 4.69) is 10.0 Å². The molecule has 0 aromatic heterocycles. The Balaban J connectivity index is 2.20. The van der Waals surface area contributed by atoms with Crippen LogP contribution in [0.15, 0.2) is 0 Å². The molecule has 1 fully saturated rings. The molecule has 18 heavy (non-hydrogen) atoms. The summed E-state index contributed by atoms with van der Waals surface area (Å²) in [5, 5.41) is 2.72. The van der Waals surface area contributed by atoms with E-state index in [9.17, 15) is 13.2 Å². The Kier molecular flexibility index (Phi) is 5.51. The minimum Gasteiger partial charge on any atom is -0.381 e. The van der Waals surface area contributed by atoms with Crippen molar-refractivity contribution < 1.29 is 17.9 Å². The summed E-state index contributed by atoms with van der Waals surface area (Å²) >= 11 is 0. The number of carbonyl (C=O) groups is 1. The molecule has 4 N–H and O–H groups in total. The number of sulfonamides is 1. The van der Waals surface area contributed by atoms with E-state index in [-0.39, 0.29) is 5.91 Å². The van der Waals surface area contributed by atoms with Crippen LogP contribution >= 0.6 is 0 Å². The molecule has 1 aliphatic rings. The molecule has 0 aromatic carbocycles. The van der Waals surface area contributed by atoms with Gasteiger partial charge in [0.25, 0.3) is 0 Å². The van der Waals surface area contributed by atoms with Crippen LogP contribution in [0.4, 0.5) is 0 Å². The predicted octanol–water partition coefficient (Wildman–Crippen LogP) is -1.45. The van der Waals surface area contributed by atoms with Crippen molar-refractivity contribution in [2.45, 2.75) is 24.8 Å². The van der Waals surface area contributed by atoms with Crippen LogP contribution in [0.25, 0.3) is 0 Å². The predicted molar refractivity (Wildman–Crippen MR) is 67.4 cm³/mol. The third-order valence-electron chi connectivity index (χ3n) is 2.84. The van der Waals surface area contributed by atoms with Crippen molar-refractivity contribution >= 4 is 15.9 Å². The third-order valence-corrected chi connectivity index (χ3v) is 3.57. The van der Waals surface area contributed by atoms with Gasteiger partial charge in [-0.1, -0.05) is 0 Å². The molecule has 0 radical (unpaired) electrons. The van der Waals surface area contributed by atoms with Gasteiger partial charge in [0.05, 0.1) is 11.8 Å². The lowest BCUT2D eigenvalue weighted by molar-refractivity contribution is -0.129. The summed E-state index contributed by atoms with van der Waals surface area (Å²) in [6, 6.07) is 0. The highest BCUT2D eigenvalue weighted by molar-refractivity contribution is 7.88. The Hall–Kier alpha value is -0.700. The molecule has 1 saturated heterocycles. The smallest absolute Gasteiger partial charge is 0.240 e. The lowest BCUT2D eigenvalue weighted by atomic mass is 9.90. The lowest BCUT2D eigenvalue weighted by Gasteiger charge is -2.31. The van der Waals surface area contributed by atoms with Crippen molar-refractivity contribution in [1.29, 1.82) is 0 Å². The van der Waals surface area contributed by atoms with Gasteiger partial charge in [0.1, 0.15) is 0 Å². The summed E-state index contributed by atoms with van der Waals surface area (Å²) in [5.74, 6) is -0.190. The number of nitrogens with two attached hydrogens (primary N) is 1. The topological polar surface area (TPSA) is 111 Å². The van der Waals surface area contributed by atoms with Gasteiger partial charge in [0, 0.05) is 26.3 Å². The van der Waals surface area contributed by atoms with Crippen LogP contribution in [0.3, 0.4) is 0 Å². The van der Waals surface area contributed by atoms with Gasteiger partial charge >= 0.3 is 0 Å². The maximum absolute atomic E-state index is 11.8. The first-order valence-electron chi connectivity index (χ1n) is 5.93. The second-order valence-electron chi connectivity index (χ2n) is 4.54. The van der Waals surface area contributed by atoms with Crippen molar-refractivity contribution in [1.82, 2.24) is 10.0 Å². The third kappa shape index (κ3) is 5.30. The van der Waals surface area contributed by atoms with Crippen molar-refractivity contribution in [2.75, 3.05) is 32.6 Å². The zero-order chi connectivity index (χ0) is 13.6. The van der Waals surface area contributed by atoms with Gasteiger partial charge in [-0.2, -0.15) is 0 Å². The average Bonchev–Trinajstić information content (AvgIpc) is 2.27. The summed E-state index contributed by atoms with van der Waals surface area (Å²) in [6.45, 7) is 1.71. The Morgan fingerprint density at radius 1 is 1.33 bits per heavy atom. The van der Waals surface area contributed by atoms with Gasteiger partial charge in [-0.3, -0.25) is 4.79 Å². The molecular formula is C10H21N3O4S. The number of carbonyl (C=O) groups excluding carboxylic acids is 1. The van der Waals surface area contributed by atoms with Crippen molar-refractivity contribution in [3.05, 3.63) is 0 Å². The van der Waals surface area contributed by atoms with Gasteiger partial charge in [0.2, 0.25) is 15.9 Å². The fourth-order valence-electron chi connectivity index (χ4n) is 1.69. The van der Waals surface area contributed by atoms with Crippen molar-refractivity contribution in [3.8, 4) is 0 Å². The number of rotatable bonds is 6. The normalized spacial score (nSPS) is 19.4. The second-order valence-corrected chi connectivity index (χ2v) is 6.38. The van der Waals surface area contributed by atoms with E-state index < -0.39 is 15.6 Å². The molecule has 0 saturated carbocycles. The Morgan fingerprint density at radius 3 is 2.50 bits per heavy atom. The van der Waals surface area contributed by atoms with Crippen LogP contribution in [0.1, 0.15) is 19.3 Å². The first-order valence-corrected chi connectivity index (χ1v) is 7.82. The van der Waals surface area contributed by atoms with Gasteiger partial charge in [-0.05, 0) is 19.3 Å². The number of hydrogen-bond donors (Lipinski definition) is 3. The molecule has 1 heterocycles. The highest BCUT2D eigenvalue weighted by atomic mass is 32.2. The molecule has 7 nitrogen and oxygen atoms in total. The maximum Gasteiger partial charge on any atom is 0.240 e. The molecule has 1 rings (SSSR count). The fraction of sp³-hybridized carbons (Fsp3) is 0.900. The van der Waals surface area contributed by atoms with Crippen LogP contribution in [0, 0.1) is 0 Å². The zero-order valence-corrected chi connectivity index (χ0v) is 11.4. The Labute approximate surface area is 107 Å². The number of ether oxygens (including phenoxy) is 1. The quantitative estimate of drug-likeness (QED) is 0.515. The fourth-order valence-corrected chi connectivity index (χ4v) is 2.20. The minimum absolute atomic E-state index is 0.190. The molecular weight excluding hydrogens is 258 g/mol. The highest BCUT2D eigenvalue weighted by Gasteiger charge is 2.35. The van der Waals surface area contributed by atoms with E-state index in [4.69, 9.17) is 10.5 Å². The van der Waals surface area contributed by atoms with Crippen molar-refractivity contribution in [2.24, 2.45) is 5.73 Å². The Morgan fingerprint density at radius 2 is 1.94 bits per heavy atom. The summed E-state index contributed by atoms with van der Waals surface area (Å²) in [6.07, 6.45) is 2.66. The van der Waals surface area contributed by atoms with Crippen LogP contribution in [0.2, 0.25) is 0 Å². The number of amides is 1. The molecule has 8 heteroatoms. The summed E-state index contributed by atoms with van der Waals surface area (Å²) in [4.78, 5) is 11.8. The molecule has 0 spiro atoms. The monoisotopic (exact) mass is 279 g/mol. The van der Waals surface area contributed by atoms with E-state index in [1.807, 2.05) is 0 Å². The Bertz CT molecular complexity index is 377. The SMILES string of the molecule is CS(=O)(=O)NCCCNC(=O)C1(N)CCOCC1. The van der Waals surface area contributed by atoms with Gasteiger partial charge in [-0.25, -0.2) is 13.1 Å². The molecule has 0 atom stereocenters. The van der Waals surface area contributed by atoms with E-state index >= 15 is 0 Å². The lowest BCUT2D eigenvalue weighted by Crippen LogP contribution is -2.57. The molecule has 1 aliphatic heterocycles. The summed E-state index contributed by atoms with van der Waals surface area (Å²) in [5.41, 5.74) is 5.14. The highest BCUT2D eigenvalue weighted by Crippen LogP contribution is 2.17. The molecule has 106 valence electrons. The standard InChI is InChI=1S/C10H21N3O4S/c1-18(15,16)13-6-2-5-12-9(14)10(11)3-7-17-8-4-10/h13H,2-8,11H2,1H3,(H,12,14). The van der Waals surface area contributed by atoms with E-state index in [1.165, 1.54) is 0 Å². The molecule has 0 unspecified atom stereocenters. The summed E-state index contributed by atoms with van der Waals surface area (Å²) < 4.78 is 29.1. The average molecular weight is 279 g/mol. The van der Waals surface area contributed by atoms with Gasteiger partial charge in [0.15, 0.2) is 0 Å².